The molecule has 1 aliphatic carbocycles. The number of amides is 1. The first-order valence-electron chi connectivity index (χ1n) is 7.17. The van der Waals surface area contributed by atoms with Crippen molar-refractivity contribution in [3.05, 3.63) is 34.9 Å². The number of hydrogen-bond donors (Lipinski definition) is 0. The first-order chi connectivity index (χ1) is 9.16. The lowest BCUT2D eigenvalue weighted by molar-refractivity contribution is -0.131. The molecule has 0 aromatic heterocycles. The minimum Gasteiger partial charge on any atom is -0.342 e. The van der Waals surface area contributed by atoms with Gasteiger partial charge in [-0.25, -0.2) is 0 Å². The van der Waals surface area contributed by atoms with Crippen molar-refractivity contribution < 1.29 is 4.79 Å². The first-order valence-corrected chi connectivity index (χ1v) is 7.55. The van der Waals surface area contributed by atoms with Crippen LogP contribution >= 0.6 is 11.6 Å². The molecule has 1 fully saturated rings. The monoisotopic (exact) mass is 279 g/mol. The van der Waals surface area contributed by atoms with E-state index in [1.54, 1.807) is 0 Å². The summed E-state index contributed by atoms with van der Waals surface area (Å²) in [6.45, 7) is 0. The molecule has 0 spiro atoms. The number of halogens is 1. The summed E-state index contributed by atoms with van der Waals surface area (Å²) in [5.41, 5.74) is 1.04. The quantitative estimate of drug-likeness (QED) is 0.764. The average Bonchev–Trinajstić information content (AvgIpc) is 2.69. The molecular formula is C16H22ClNO. The van der Waals surface area contributed by atoms with Crippen LogP contribution in [0.25, 0.3) is 0 Å². The standard InChI is InChI=1S/C16H22ClNO/c1-18(15-6-4-2-3-5-7-15)16(19)12-13-8-10-14(17)11-9-13/h8-11,15H,2-7,12H2,1H3. The summed E-state index contributed by atoms with van der Waals surface area (Å²) in [5, 5.41) is 0.716. The first kappa shape index (κ1) is 14.4. The second-order valence-electron chi connectivity index (χ2n) is 5.45. The molecule has 0 unspecified atom stereocenters. The summed E-state index contributed by atoms with van der Waals surface area (Å²) in [5.74, 6) is 0.217. The van der Waals surface area contributed by atoms with Gasteiger partial charge in [0.2, 0.25) is 5.91 Å². The average molecular weight is 280 g/mol. The predicted molar refractivity (Wildman–Crippen MR) is 79.4 cm³/mol. The minimum absolute atomic E-state index is 0.217. The SMILES string of the molecule is CN(C(=O)Cc1ccc(Cl)cc1)C1CCCCCC1. The Kier molecular flexibility index (Phi) is 5.26. The smallest absolute Gasteiger partial charge is 0.226 e. The second kappa shape index (κ2) is 6.95. The molecule has 1 aliphatic rings. The van der Waals surface area contributed by atoms with Crippen LogP contribution in [0.3, 0.4) is 0 Å². The van der Waals surface area contributed by atoms with E-state index in [-0.39, 0.29) is 5.91 Å². The van der Waals surface area contributed by atoms with E-state index in [1.807, 2.05) is 36.2 Å². The molecule has 0 aliphatic heterocycles. The molecule has 0 heterocycles. The van der Waals surface area contributed by atoms with Crippen LogP contribution in [0.1, 0.15) is 44.1 Å². The Labute approximate surface area is 120 Å². The lowest BCUT2D eigenvalue weighted by Crippen LogP contribution is -2.37. The number of likely N-dealkylation sites (N-methyl/N-ethyl adjacent to an activating group) is 1. The third kappa shape index (κ3) is 4.24. The van der Waals surface area contributed by atoms with Crippen molar-refractivity contribution in [3.8, 4) is 0 Å². The molecule has 0 atom stereocenters. The molecule has 0 bridgehead atoms. The Hall–Kier alpha value is -1.02. The zero-order valence-electron chi connectivity index (χ0n) is 11.6. The fourth-order valence-corrected chi connectivity index (χ4v) is 2.88. The maximum absolute atomic E-state index is 12.3. The van der Waals surface area contributed by atoms with E-state index in [9.17, 15) is 4.79 Å². The fraction of sp³-hybridized carbons (Fsp3) is 0.562. The molecule has 104 valence electrons. The van der Waals surface area contributed by atoms with E-state index in [4.69, 9.17) is 11.6 Å². The number of carbonyl (C=O) groups is 1. The van der Waals surface area contributed by atoms with Crippen molar-refractivity contribution in [3.63, 3.8) is 0 Å². The van der Waals surface area contributed by atoms with Gasteiger partial charge in [-0.1, -0.05) is 49.4 Å². The third-order valence-electron chi connectivity index (χ3n) is 4.03. The molecule has 2 nitrogen and oxygen atoms in total. The Morgan fingerprint density at radius 3 is 2.32 bits per heavy atom. The summed E-state index contributed by atoms with van der Waals surface area (Å²) in [6.07, 6.45) is 7.92. The third-order valence-corrected chi connectivity index (χ3v) is 4.29. The van der Waals surface area contributed by atoms with E-state index >= 15 is 0 Å². The Bertz CT molecular complexity index is 407. The van der Waals surface area contributed by atoms with E-state index in [0.29, 0.717) is 17.5 Å². The number of rotatable bonds is 3. The molecule has 3 heteroatoms. The van der Waals surface area contributed by atoms with Crippen molar-refractivity contribution in [2.75, 3.05) is 7.05 Å². The van der Waals surface area contributed by atoms with Gasteiger partial charge in [0.1, 0.15) is 0 Å². The van der Waals surface area contributed by atoms with Gasteiger partial charge in [-0.2, -0.15) is 0 Å². The molecule has 2 rings (SSSR count). The zero-order valence-corrected chi connectivity index (χ0v) is 12.3. The van der Waals surface area contributed by atoms with Crippen LogP contribution in [0.15, 0.2) is 24.3 Å². The van der Waals surface area contributed by atoms with Crippen LogP contribution in [0.2, 0.25) is 5.02 Å². The summed E-state index contributed by atoms with van der Waals surface area (Å²) >= 11 is 5.86. The van der Waals surface area contributed by atoms with Gasteiger partial charge in [-0.3, -0.25) is 4.79 Å². The van der Waals surface area contributed by atoms with Gasteiger partial charge < -0.3 is 4.90 Å². The highest BCUT2D eigenvalue weighted by molar-refractivity contribution is 6.30. The summed E-state index contributed by atoms with van der Waals surface area (Å²) in [4.78, 5) is 14.3. The highest BCUT2D eigenvalue weighted by Crippen LogP contribution is 2.21. The van der Waals surface area contributed by atoms with Crippen LogP contribution in [0.4, 0.5) is 0 Å². The van der Waals surface area contributed by atoms with Crippen LogP contribution < -0.4 is 0 Å². The predicted octanol–water partition coefficient (Wildman–Crippen LogP) is 4.06. The maximum atomic E-state index is 12.3. The van der Waals surface area contributed by atoms with Gasteiger partial charge >= 0.3 is 0 Å². The fourth-order valence-electron chi connectivity index (χ4n) is 2.75. The lowest BCUT2D eigenvalue weighted by Gasteiger charge is -2.27. The molecule has 0 radical (unpaired) electrons. The number of nitrogens with zero attached hydrogens (tertiary/aromatic N) is 1. The van der Waals surface area contributed by atoms with Crippen LogP contribution in [-0.4, -0.2) is 23.9 Å². The highest BCUT2D eigenvalue weighted by atomic mass is 35.5. The number of benzene rings is 1. The van der Waals surface area contributed by atoms with Gasteiger partial charge in [-0.05, 0) is 30.5 Å². The highest BCUT2D eigenvalue weighted by Gasteiger charge is 2.21. The molecular weight excluding hydrogens is 258 g/mol. The molecule has 1 aromatic carbocycles. The molecule has 1 aromatic rings. The molecule has 0 saturated heterocycles. The van der Waals surface area contributed by atoms with Gasteiger partial charge in [0.25, 0.3) is 0 Å². The summed E-state index contributed by atoms with van der Waals surface area (Å²) in [6, 6.07) is 7.98. The lowest BCUT2D eigenvalue weighted by atomic mass is 10.1. The van der Waals surface area contributed by atoms with Gasteiger partial charge in [0, 0.05) is 18.1 Å². The van der Waals surface area contributed by atoms with E-state index in [0.717, 1.165) is 18.4 Å². The minimum atomic E-state index is 0.217. The Morgan fingerprint density at radius 1 is 1.16 bits per heavy atom. The summed E-state index contributed by atoms with van der Waals surface area (Å²) < 4.78 is 0. The Balaban J connectivity index is 1.92. The van der Waals surface area contributed by atoms with E-state index in [2.05, 4.69) is 0 Å². The van der Waals surface area contributed by atoms with Crippen molar-refractivity contribution >= 4 is 17.5 Å². The van der Waals surface area contributed by atoms with Crippen molar-refractivity contribution in [1.82, 2.24) is 4.90 Å². The van der Waals surface area contributed by atoms with Gasteiger partial charge in [0.15, 0.2) is 0 Å². The zero-order chi connectivity index (χ0) is 13.7. The van der Waals surface area contributed by atoms with Crippen LogP contribution in [0.5, 0.6) is 0 Å². The maximum Gasteiger partial charge on any atom is 0.226 e. The molecule has 1 saturated carbocycles. The molecule has 19 heavy (non-hydrogen) atoms. The Morgan fingerprint density at radius 2 is 1.74 bits per heavy atom. The van der Waals surface area contributed by atoms with E-state index < -0.39 is 0 Å². The number of carbonyl (C=O) groups excluding carboxylic acids is 1. The molecule has 1 amide bonds. The molecule has 0 N–H and O–H groups in total. The van der Waals surface area contributed by atoms with Crippen molar-refractivity contribution in [2.24, 2.45) is 0 Å². The second-order valence-corrected chi connectivity index (χ2v) is 5.89. The van der Waals surface area contributed by atoms with Crippen molar-refractivity contribution in [2.45, 2.75) is 51.0 Å². The van der Waals surface area contributed by atoms with Gasteiger partial charge in [-0.15, -0.1) is 0 Å². The van der Waals surface area contributed by atoms with Crippen LogP contribution in [0, 0.1) is 0 Å². The van der Waals surface area contributed by atoms with Crippen LogP contribution in [-0.2, 0) is 11.2 Å². The largest absolute Gasteiger partial charge is 0.342 e. The number of hydrogen-bond acceptors (Lipinski definition) is 1. The topological polar surface area (TPSA) is 20.3 Å². The summed E-state index contributed by atoms with van der Waals surface area (Å²) in [7, 11) is 1.95. The van der Waals surface area contributed by atoms with E-state index in [1.165, 1.54) is 25.7 Å². The normalized spacial score (nSPS) is 16.9. The van der Waals surface area contributed by atoms with Crippen molar-refractivity contribution in [1.29, 1.82) is 0 Å². The van der Waals surface area contributed by atoms with Gasteiger partial charge in [0.05, 0.1) is 6.42 Å².